The van der Waals surface area contributed by atoms with Gasteiger partial charge in [-0.2, -0.15) is 4.98 Å². The number of aromatic nitrogens is 2. The summed E-state index contributed by atoms with van der Waals surface area (Å²) >= 11 is 0. The van der Waals surface area contributed by atoms with Crippen LogP contribution in [0.2, 0.25) is 0 Å². The zero-order valence-corrected chi connectivity index (χ0v) is 18.6. The van der Waals surface area contributed by atoms with E-state index in [1.165, 1.54) is 0 Å². The summed E-state index contributed by atoms with van der Waals surface area (Å²) in [5.41, 5.74) is 3.25. The van der Waals surface area contributed by atoms with Gasteiger partial charge in [-0.1, -0.05) is 12.1 Å². The number of carbonyl (C=O) groups is 1. The number of aromatic hydroxyl groups is 1. The molecule has 3 N–H and O–H groups in total. The summed E-state index contributed by atoms with van der Waals surface area (Å²) in [5, 5.41) is 12.7. The van der Waals surface area contributed by atoms with Crippen LogP contribution in [0.25, 0.3) is 22.5 Å². The van der Waals surface area contributed by atoms with Crippen LogP contribution in [0.1, 0.15) is 22.3 Å². The van der Waals surface area contributed by atoms with Gasteiger partial charge in [-0.25, -0.2) is 4.79 Å². The highest BCUT2D eigenvalue weighted by atomic mass is 16.5. The van der Waals surface area contributed by atoms with E-state index < -0.39 is 5.69 Å². The largest absolute Gasteiger partial charge is 0.508 e. The lowest BCUT2D eigenvalue weighted by atomic mass is 10.0. The fraction of sp³-hybridized carbons (Fsp3) is 0.320. The lowest BCUT2D eigenvalue weighted by molar-refractivity contribution is 0.0374. The van der Waals surface area contributed by atoms with Crippen LogP contribution in [0.5, 0.6) is 5.75 Å². The highest BCUT2D eigenvalue weighted by Crippen LogP contribution is 2.26. The van der Waals surface area contributed by atoms with Crippen LogP contribution < -0.4 is 11.0 Å². The lowest BCUT2D eigenvalue weighted by Crippen LogP contribution is -2.38. The monoisotopic (exact) mass is 448 g/mol. The molecule has 1 fully saturated rings. The van der Waals surface area contributed by atoms with Crippen LogP contribution >= 0.6 is 0 Å². The van der Waals surface area contributed by atoms with Crippen molar-refractivity contribution in [2.75, 3.05) is 39.4 Å². The van der Waals surface area contributed by atoms with E-state index in [-0.39, 0.29) is 11.7 Å². The van der Waals surface area contributed by atoms with Crippen molar-refractivity contribution >= 4 is 5.91 Å². The number of hydrogen-bond donors (Lipinski definition) is 3. The topological polar surface area (TPSA) is 108 Å². The van der Waals surface area contributed by atoms with Gasteiger partial charge in [0.05, 0.1) is 24.6 Å². The maximum absolute atomic E-state index is 12.7. The van der Waals surface area contributed by atoms with Gasteiger partial charge < -0.3 is 20.1 Å². The Morgan fingerprint density at radius 2 is 1.97 bits per heavy atom. The standard InChI is InChI=1S/C25H28N4O4/c1-17-14-19(6-7-23(17)30)22-16-21(27-25(32)28-22)18-4-2-5-20(15-18)24(31)26-8-3-9-29-10-12-33-13-11-29/h2,4-7,14-16,30H,3,8-13H2,1H3,(H,26,31)(H,27,28,32). The van der Waals surface area contributed by atoms with Gasteiger partial charge in [0.15, 0.2) is 0 Å². The van der Waals surface area contributed by atoms with E-state index in [2.05, 4.69) is 20.2 Å². The molecule has 8 heteroatoms. The van der Waals surface area contributed by atoms with Crippen molar-refractivity contribution in [3.8, 4) is 28.3 Å². The molecule has 1 aliphatic rings. The number of ether oxygens (including phenoxy) is 1. The van der Waals surface area contributed by atoms with E-state index in [1.807, 2.05) is 6.07 Å². The Balaban J connectivity index is 1.45. The number of phenolic OH excluding ortho intramolecular Hbond substituents is 1. The average molecular weight is 449 g/mol. The summed E-state index contributed by atoms with van der Waals surface area (Å²) in [6, 6.07) is 14.0. The number of amides is 1. The number of hydrogen-bond acceptors (Lipinski definition) is 6. The molecular weight excluding hydrogens is 420 g/mol. The molecule has 0 spiro atoms. The summed E-state index contributed by atoms with van der Waals surface area (Å²) in [7, 11) is 0. The SMILES string of the molecule is Cc1cc(-c2cc(-c3cccc(C(=O)NCCCN4CCOCC4)c3)[nH]c(=O)n2)ccc1O. The van der Waals surface area contributed by atoms with E-state index in [1.54, 1.807) is 49.4 Å². The Kier molecular flexibility index (Phi) is 7.16. The molecule has 33 heavy (non-hydrogen) atoms. The van der Waals surface area contributed by atoms with Crippen molar-refractivity contribution < 1.29 is 14.6 Å². The quantitative estimate of drug-likeness (QED) is 0.480. The summed E-state index contributed by atoms with van der Waals surface area (Å²) in [6.45, 7) is 6.72. The van der Waals surface area contributed by atoms with E-state index in [0.717, 1.165) is 44.8 Å². The molecule has 1 aliphatic heterocycles. The number of nitrogens with zero attached hydrogens (tertiary/aromatic N) is 2. The van der Waals surface area contributed by atoms with Crippen molar-refractivity contribution in [1.82, 2.24) is 20.2 Å². The smallest absolute Gasteiger partial charge is 0.345 e. The number of phenols is 1. The molecule has 2 aromatic carbocycles. The van der Waals surface area contributed by atoms with Crippen LogP contribution in [0.3, 0.4) is 0 Å². The summed E-state index contributed by atoms with van der Waals surface area (Å²) < 4.78 is 5.35. The number of morpholine rings is 1. The molecule has 8 nitrogen and oxygen atoms in total. The van der Waals surface area contributed by atoms with E-state index in [0.29, 0.717) is 34.6 Å². The Labute approximate surface area is 192 Å². The number of rotatable bonds is 7. The first kappa shape index (κ1) is 22.7. The zero-order valence-electron chi connectivity index (χ0n) is 18.6. The predicted molar refractivity (Wildman–Crippen MR) is 126 cm³/mol. The van der Waals surface area contributed by atoms with E-state index in [4.69, 9.17) is 4.74 Å². The van der Waals surface area contributed by atoms with Crippen LogP contribution in [-0.4, -0.2) is 65.3 Å². The number of nitrogens with one attached hydrogen (secondary N) is 2. The number of H-pyrrole nitrogens is 1. The van der Waals surface area contributed by atoms with Gasteiger partial charge in [-0.15, -0.1) is 0 Å². The molecule has 0 radical (unpaired) electrons. The highest BCUT2D eigenvalue weighted by Gasteiger charge is 2.12. The number of aryl methyl sites for hydroxylation is 1. The highest BCUT2D eigenvalue weighted by molar-refractivity contribution is 5.95. The molecule has 1 saturated heterocycles. The molecule has 2 heterocycles. The van der Waals surface area contributed by atoms with Crippen molar-refractivity contribution in [3.05, 3.63) is 70.1 Å². The minimum Gasteiger partial charge on any atom is -0.508 e. The molecule has 0 unspecified atom stereocenters. The number of aromatic amines is 1. The summed E-state index contributed by atoms with van der Waals surface area (Å²) in [6.07, 6.45) is 0.874. The van der Waals surface area contributed by atoms with Crippen LogP contribution in [-0.2, 0) is 4.74 Å². The maximum Gasteiger partial charge on any atom is 0.345 e. The van der Waals surface area contributed by atoms with E-state index >= 15 is 0 Å². The van der Waals surface area contributed by atoms with Gasteiger partial charge in [0.2, 0.25) is 0 Å². The van der Waals surface area contributed by atoms with Crippen molar-refractivity contribution in [1.29, 1.82) is 0 Å². The molecule has 3 aromatic rings. The van der Waals surface area contributed by atoms with Crippen molar-refractivity contribution in [2.45, 2.75) is 13.3 Å². The first-order valence-corrected chi connectivity index (χ1v) is 11.1. The summed E-state index contributed by atoms with van der Waals surface area (Å²) in [4.78, 5) is 34.0. The van der Waals surface area contributed by atoms with Gasteiger partial charge in [0.25, 0.3) is 5.91 Å². The Bertz CT molecular complexity index is 1190. The first-order chi connectivity index (χ1) is 16.0. The second-order valence-corrected chi connectivity index (χ2v) is 8.13. The van der Waals surface area contributed by atoms with Gasteiger partial charge in [0.1, 0.15) is 5.75 Å². The minimum absolute atomic E-state index is 0.149. The molecule has 1 amide bonds. The fourth-order valence-corrected chi connectivity index (χ4v) is 3.84. The molecule has 4 rings (SSSR count). The van der Waals surface area contributed by atoms with Crippen LogP contribution in [0, 0.1) is 6.92 Å². The molecule has 0 atom stereocenters. The summed E-state index contributed by atoms with van der Waals surface area (Å²) in [5.74, 6) is 0.0390. The second-order valence-electron chi connectivity index (χ2n) is 8.13. The number of benzene rings is 2. The fourth-order valence-electron chi connectivity index (χ4n) is 3.84. The van der Waals surface area contributed by atoms with Crippen LogP contribution in [0.15, 0.2) is 53.3 Å². The third-order valence-electron chi connectivity index (χ3n) is 5.71. The lowest BCUT2D eigenvalue weighted by Gasteiger charge is -2.26. The molecule has 0 saturated carbocycles. The van der Waals surface area contributed by atoms with Crippen molar-refractivity contribution in [2.24, 2.45) is 0 Å². The minimum atomic E-state index is -0.480. The Morgan fingerprint density at radius 3 is 2.76 bits per heavy atom. The molecule has 1 aromatic heterocycles. The molecule has 0 bridgehead atoms. The Morgan fingerprint density at radius 1 is 1.15 bits per heavy atom. The van der Waals surface area contributed by atoms with E-state index in [9.17, 15) is 14.7 Å². The Hall–Kier alpha value is -3.49. The molecule has 172 valence electrons. The van der Waals surface area contributed by atoms with Crippen LogP contribution in [0.4, 0.5) is 0 Å². The first-order valence-electron chi connectivity index (χ1n) is 11.1. The van der Waals surface area contributed by atoms with Crippen molar-refractivity contribution in [3.63, 3.8) is 0 Å². The van der Waals surface area contributed by atoms with Gasteiger partial charge >= 0.3 is 5.69 Å². The molecule has 0 aliphatic carbocycles. The molecular formula is C25H28N4O4. The third-order valence-corrected chi connectivity index (χ3v) is 5.71. The van der Waals surface area contributed by atoms with Gasteiger partial charge in [-0.3, -0.25) is 9.69 Å². The average Bonchev–Trinajstić information content (AvgIpc) is 2.84. The second kappa shape index (κ2) is 10.4. The maximum atomic E-state index is 12.7. The third kappa shape index (κ3) is 5.85. The number of carbonyl (C=O) groups excluding carboxylic acids is 1. The normalized spacial score (nSPS) is 14.2. The van der Waals surface area contributed by atoms with Gasteiger partial charge in [0, 0.05) is 30.8 Å². The predicted octanol–water partition coefficient (Wildman–Crippen LogP) is 2.57. The zero-order chi connectivity index (χ0) is 23.2. The van der Waals surface area contributed by atoms with Gasteiger partial charge in [-0.05, 0) is 67.4 Å².